The van der Waals surface area contributed by atoms with E-state index in [9.17, 15) is 9.59 Å². The minimum Gasteiger partial charge on any atom is -0.339 e. The zero-order chi connectivity index (χ0) is 16.6. The second-order valence-electron chi connectivity index (χ2n) is 6.19. The Labute approximate surface area is 133 Å². The van der Waals surface area contributed by atoms with Crippen LogP contribution in [-0.2, 0) is 0 Å². The average molecular weight is 316 g/mol. The molecule has 1 amide bonds. The van der Waals surface area contributed by atoms with Gasteiger partial charge < -0.3 is 14.4 Å². The molecule has 1 N–H and O–H groups in total. The summed E-state index contributed by atoms with van der Waals surface area (Å²) in [5, 5.41) is 4.02. The Kier molecular flexibility index (Phi) is 4.02. The molecule has 0 spiro atoms. The van der Waals surface area contributed by atoms with E-state index in [0.29, 0.717) is 18.3 Å². The third-order valence-corrected chi connectivity index (χ3v) is 4.05. The lowest BCUT2D eigenvalue weighted by molar-refractivity contribution is 0.0726. The second kappa shape index (κ2) is 5.98. The minimum atomic E-state index is -0.364. The highest BCUT2D eigenvalue weighted by Gasteiger charge is 2.34. The first-order chi connectivity index (χ1) is 11.0. The molecule has 7 heteroatoms. The molecule has 0 unspecified atom stereocenters. The van der Waals surface area contributed by atoms with Gasteiger partial charge in [-0.05, 0) is 31.9 Å². The zero-order valence-corrected chi connectivity index (χ0v) is 13.5. The van der Waals surface area contributed by atoms with E-state index in [-0.39, 0.29) is 29.0 Å². The van der Waals surface area contributed by atoms with Crippen LogP contribution in [0.15, 0.2) is 21.5 Å². The van der Waals surface area contributed by atoms with Gasteiger partial charge in [0, 0.05) is 18.2 Å². The molecule has 3 heterocycles. The highest BCUT2D eigenvalue weighted by molar-refractivity contribution is 5.94. The molecule has 23 heavy (non-hydrogen) atoms. The summed E-state index contributed by atoms with van der Waals surface area (Å²) in [6.45, 7) is 6.31. The number of H-pyrrole nitrogens is 1. The smallest absolute Gasteiger partial charge is 0.260 e. The predicted molar refractivity (Wildman–Crippen MR) is 83.2 cm³/mol. The van der Waals surface area contributed by atoms with E-state index in [1.54, 1.807) is 24.0 Å². The summed E-state index contributed by atoms with van der Waals surface area (Å²) in [5.41, 5.74) is 0.510. The van der Waals surface area contributed by atoms with Gasteiger partial charge in [-0.2, -0.15) is 4.98 Å². The number of pyridine rings is 1. The molecular weight excluding hydrogens is 296 g/mol. The van der Waals surface area contributed by atoms with Gasteiger partial charge in [0.15, 0.2) is 5.82 Å². The van der Waals surface area contributed by atoms with Crippen LogP contribution in [-0.4, -0.2) is 32.5 Å². The first-order valence-corrected chi connectivity index (χ1v) is 7.81. The molecule has 2 aromatic rings. The minimum absolute atomic E-state index is 0.141. The number of rotatable bonds is 3. The summed E-state index contributed by atoms with van der Waals surface area (Å²) in [5.74, 6) is 0.932. The van der Waals surface area contributed by atoms with Gasteiger partial charge in [-0.1, -0.05) is 19.0 Å². The first kappa shape index (κ1) is 15.5. The third-order valence-electron chi connectivity index (χ3n) is 4.05. The summed E-state index contributed by atoms with van der Waals surface area (Å²) in [4.78, 5) is 33.5. The van der Waals surface area contributed by atoms with Crippen LogP contribution in [0.2, 0.25) is 0 Å². The Morgan fingerprint density at radius 3 is 2.87 bits per heavy atom. The average Bonchev–Trinajstić information content (AvgIpc) is 3.15. The summed E-state index contributed by atoms with van der Waals surface area (Å²) in [6, 6.07) is 3.06. The fourth-order valence-corrected chi connectivity index (χ4v) is 2.79. The quantitative estimate of drug-likeness (QED) is 0.937. The van der Waals surface area contributed by atoms with E-state index in [1.807, 2.05) is 13.8 Å². The molecule has 1 aliphatic rings. The predicted octanol–water partition coefficient (Wildman–Crippen LogP) is 2.17. The van der Waals surface area contributed by atoms with E-state index in [1.165, 1.54) is 0 Å². The van der Waals surface area contributed by atoms with Gasteiger partial charge in [0.1, 0.15) is 5.56 Å². The number of carbonyl (C=O) groups excluding carboxylic acids is 1. The van der Waals surface area contributed by atoms with Gasteiger partial charge in [0.25, 0.3) is 11.5 Å². The number of amides is 1. The van der Waals surface area contributed by atoms with Crippen LogP contribution < -0.4 is 5.56 Å². The summed E-state index contributed by atoms with van der Waals surface area (Å²) < 4.78 is 5.24. The monoisotopic (exact) mass is 316 g/mol. The molecule has 122 valence electrons. The van der Waals surface area contributed by atoms with Crippen molar-refractivity contribution in [3.8, 4) is 0 Å². The molecule has 0 saturated carbocycles. The lowest BCUT2D eigenvalue weighted by atomic mass is 10.1. The maximum Gasteiger partial charge on any atom is 0.260 e. The number of hydrogen-bond donors (Lipinski definition) is 1. The van der Waals surface area contributed by atoms with Crippen LogP contribution in [0.5, 0.6) is 0 Å². The molecule has 3 rings (SSSR count). The largest absolute Gasteiger partial charge is 0.339 e. The van der Waals surface area contributed by atoms with Crippen molar-refractivity contribution in [1.82, 2.24) is 20.0 Å². The molecule has 0 radical (unpaired) electrons. The third kappa shape index (κ3) is 2.91. The Hall–Kier alpha value is -2.44. The van der Waals surface area contributed by atoms with E-state index in [2.05, 4.69) is 15.1 Å². The maximum absolute atomic E-state index is 12.7. The van der Waals surface area contributed by atoms with Crippen LogP contribution in [0.1, 0.15) is 66.4 Å². The molecule has 0 aliphatic carbocycles. The Morgan fingerprint density at radius 1 is 1.43 bits per heavy atom. The molecule has 0 bridgehead atoms. The molecule has 1 fully saturated rings. The van der Waals surface area contributed by atoms with Gasteiger partial charge in [-0.15, -0.1) is 0 Å². The van der Waals surface area contributed by atoms with Crippen LogP contribution in [0.4, 0.5) is 0 Å². The molecule has 1 atom stereocenters. The van der Waals surface area contributed by atoms with Crippen molar-refractivity contribution in [3.05, 3.63) is 45.5 Å². The highest BCUT2D eigenvalue weighted by atomic mass is 16.5. The molecule has 7 nitrogen and oxygen atoms in total. The van der Waals surface area contributed by atoms with Crippen molar-refractivity contribution in [3.63, 3.8) is 0 Å². The molecule has 1 saturated heterocycles. The number of aromatic amines is 1. The van der Waals surface area contributed by atoms with E-state index in [0.717, 1.165) is 18.5 Å². The number of hydrogen-bond acceptors (Lipinski definition) is 5. The lowest BCUT2D eigenvalue weighted by Crippen LogP contribution is -2.34. The maximum atomic E-state index is 12.7. The van der Waals surface area contributed by atoms with Gasteiger partial charge >= 0.3 is 0 Å². The number of nitrogens with zero attached hydrogens (tertiary/aromatic N) is 3. The van der Waals surface area contributed by atoms with Crippen molar-refractivity contribution < 1.29 is 9.32 Å². The van der Waals surface area contributed by atoms with Gasteiger partial charge in [0.05, 0.1) is 6.04 Å². The van der Waals surface area contributed by atoms with E-state index >= 15 is 0 Å². The Bertz CT molecular complexity index is 778. The normalized spacial score (nSPS) is 17.9. The van der Waals surface area contributed by atoms with Gasteiger partial charge in [0.2, 0.25) is 5.89 Å². The van der Waals surface area contributed by atoms with Crippen molar-refractivity contribution in [2.45, 2.75) is 45.6 Å². The van der Waals surface area contributed by atoms with E-state index in [4.69, 9.17) is 4.52 Å². The summed E-state index contributed by atoms with van der Waals surface area (Å²) in [7, 11) is 0. The van der Waals surface area contributed by atoms with Crippen LogP contribution in [0, 0.1) is 6.92 Å². The van der Waals surface area contributed by atoms with Crippen LogP contribution in [0.25, 0.3) is 0 Å². The lowest BCUT2D eigenvalue weighted by Gasteiger charge is -2.21. The Balaban J connectivity index is 1.88. The van der Waals surface area contributed by atoms with Crippen molar-refractivity contribution >= 4 is 5.91 Å². The summed E-state index contributed by atoms with van der Waals surface area (Å²) in [6.07, 6.45) is 1.62. The topological polar surface area (TPSA) is 92.1 Å². The molecule has 2 aromatic heterocycles. The Morgan fingerprint density at radius 2 is 2.22 bits per heavy atom. The van der Waals surface area contributed by atoms with Crippen molar-refractivity contribution in [1.29, 1.82) is 0 Å². The zero-order valence-electron chi connectivity index (χ0n) is 13.5. The number of carbonyl (C=O) groups is 1. The first-order valence-electron chi connectivity index (χ1n) is 7.81. The van der Waals surface area contributed by atoms with Crippen LogP contribution >= 0.6 is 0 Å². The van der Waals surface area contributed by atoms with Crippen molar-refractivity contribution in [2.75, 3.05) is 6.54 Å². The summed E-state index contributed by atoms with van der Waals surface area (Å²) >= 11 is 0. The fourth-order valence-electron chi connectivity index (χ4n) is 2.79. The number of aryl methyl sites for hydroxylation is 1. The molecule has 0 aromatic carbocycles. The second-order valence-corrected chi connectivity index (χ2v) is 6.19. The van der Waals surface area contributed by atoms with Gasteiger partial charge in [-0.3, -0.25) is 9.59 Å². The highest BCUT2D eigenvalue weighted by Crippen LogP contribution is 2.31. The van der Waals surface area contributed by atoms with Crippen LogP contribution in [0.3, 0.4) is 0 Å². The SMILES string of the molecule is Cc1ccc(C(=O)N2CCC[C@@H]2c2noc(C(C)C)n2)c(=O)[nH]1. The number of nitrogens with one attached hydrogen (secondary N) is 1. The number of likely N-dealkylation sites (tertiary alicyclic amines) is 1. The molecule has 1 aliphatic heterocycles. The fraction of sp³-hybridized carbons (Fsp3) is 0.500. The molecular formula is C16H20N4O3. The standard InChI is InChI=1S/C16H20N4O3/c1-9(2)15-18-13(19-23-15)12-5-4-8-20(12)16(22)11-7-6-10(3)17-14(11)21/h6-7,9,12H,4-5,8H2,1-3H3,(H,17,21)/t12-/m1/s1. The van der Waals surface area contributed by atoms with E-state index < -0.39 is 0 Å². The number of aromatic nitrogens is 3. The van der Waals surface area contributed by atoms with Crippen molar-refractivity contribution in [2.24, 2.45) is 0 Å². The van der Waals surface area contributed by atoms with Gasteiger partial charge in [-0.25, -0.2) is 0 Å².